The van der Waals surface area contributed by atoms with Gasteiger partial charge in [-0.3, -0.25) is 0 Å². The first-order valence-electron chi connectivity index (χ1n) is 6.23. The van der Waals surface area contributed by atoms with Crippen LogP contribution in [0.5, 0.6) is 11.5 Å². The van der Waals surface area contributed by atoms with Crippen LogP contribution in [0.1, 0.15) is 11.1 Å². The molecule has 0 fully saturated rings. The van der Waals surface area contributed by atoms with Crippen LogP contribution in [0.4, 0.5) is 9.59 Å². The molecule has 0 aromatic heterocycles. The van der Waals surface area contributed by atoms with E-state index in [0.717, 1.165) is 11.1 Å². The summed E-state index contributed by atoms with van der Waals surface area (Å²) in [5.41, 5.74) is 1.73. The Labute approximate surface area is 125 Å². The summed E-state index contributed by atoms with van der Waals surface area (Å²) in [5.74, 6) is 0.500. The van der Waals surface area contributed by atoms with Crippen molar-refractivity contribution in [3.05, 3.63) is 59.7 Å². The molecule has 0 saturated heterocycles. The third kappa shape index (κ3) is 4.68. The lowest BCUT2D eigenvalue weighted by Crippen LogP contribution is -2.02. The van der Waals surface area contributed by atoms with E-state index in [0.29, 0.717) is 0 Å². The highest BCUT2D eigenvalue weighted by molar-refractivity contribution is 5.70. The lowest BCUT2D eigenvalue weighted by Gasteiger charge is -2.01. The van der Waals surface area contributed by atoms with E-state index in [-0.39, 0.29) is 11.5 Å². The molecule has 0 atom stereocenters. The average Bonchev–Trinajstić information content (AvgIpc) is 2.47. The highest BCUT2D eigenvalue weighted by atomic mass is 16.7. The second kappa shape index (κ2) is 6.94. The third-order valence-electron chi connectivity index (χ3n) is 2.64. The summed E-state index contributed by atoms with van der Waals surface area (Å²) in [4.78, 5) is 20.8. The number of hydrogen-bond donors (Lipinski definition) is 2. The van der Waals surface area contributed by atoms with Crippen LogP contribution in [0.2, 0.25) is 0 Å². The van der Waals surface area contributed by atoms with Crippen LogP contribution in [-0.2, 0) is 0 Å². The molecule has 0 bridgehead atoms. The van der Waals surface area contributed by atoms with Gasteiger partial charge in [-0.2, -0.15) is 0 Å². The Hall–Kier alpha value is -3.28. The van der Waals surface area contributed by atoms with Crippen LogP contribution in [0.3, 0.4) is 0 Å². The Balaban J connectivity index is 2.01. The van der Waals surface area contributed by atoms with E-state index in [2.05, 4.69) is 9.47 Å². The fraction of sp³-hybridized carbons (Fsp3) is 0. The number of rotatable bonds is 4. The van der Waals surface area contributed by atoms with Gasteiger partial charge in [-0.15, -0.1) is 0 Å². The first kappa shape index (κ1) is 15.1. The lowest BCUT2D eigenvalue weighted by molar-refractivity contribution is 0.143. The van der Waals surface area contributed by atoms with Crippen LogP contribution < -0.4 is 9.47 Å². The van der Waals surface area contributed by atoms with E-state index in [1.54, 1.807) is 48.5 Å². The summed E-state index contributed by atoms with van der Waals surface area (Å²) >= 11 is 0. The van der Waals surface area contributed by atoms with Crippen molar-refractivity contribution >= 4 is 24.5 Å². The smallest absolute Gasteiger partial charge is 0.449 e. The summed E-state index contributed by atoms with van der Waals surface area (Å²) in [6, 6.07) is 13.1. The number of carboxylic acid groups (broad SMARTS) is 2. The van der Waals surface area contributed by atoms with Gasteiger partial charge in [0, 0.05) is 0 Å². The molecule has 6 nitrogen and oxygen atoms in total. The van der Waals surface area contributed by atoms with Gasteiger partial charge in [-0.05, 0) is 35.4 Å². The molecule has 0 saturated carbocycles. The third-order valence-corrected chi connectivity index (χ3v) is 2.64. The summed E-state index contributed by atoms with van der Waals surface area (Å²) in [6.45, 7) is 0. The quantitative estimate of drug-likeness (QED) is 0.504. The van der Waals surface area contributed by atoms with Gasteiger partial charge in [0.25, 0.3) is 0 Å². The molecule has 112 valence electrons. The summed E-state index contributed by atoms with van der Waals surface area (Å²) < 4.78 is 9.02. The fourth-order valence-electron chi connectivity index (χ4n) is 1.69. The minimum Gasteiger partial charge on any atom is -0.449 e. The van der Waals surface area contributed by atoms with Crippen LogP contribution in [-0.4, -0.2) is 22.5 Å². The maximum atomic E-state index is 10.4. The van der Waals surface area contributed by atoms with Gasteiger partial charge >= 0.3 is 12.3 Å². The first-order chi connectivity index (χ1) is 10.5. The molecule has 2 aromatic carbocycles. The second-order valence-electron chi connectivity index (χ2n) is 4.21. The van der Waals surface area contributed by atoms with Gasteiger partial charge < -0.3 is 19.7 Å². The van der Waals surface area contributed by atoms with Crippen LogP contribution in [0.25, 0.3) is 12.2 Å². The molecule has 22 heavy (non-hydrogen) atoms. The Bertz CT molecular complexity index is 624. The molecule has 0 unspecified atom stereocenters. The van der Waals surface area contributed by atoms with Crippen LogP contribution in [0, 0.1) is 0 Å². The van der Waals surface area contributed by atoms with Crippen molar-refractivity contribution in [3.63, 3.8) is 0 Å². The van der Waals surface area contributed by atoms with Crippen molar-refractivity contribution in [1.29, 1.82) is 0 Å². The first-order valence-corrected chi connectivity index (χ1v) is 6.23. The SMILES string of the molecule is O=C(O)Oc1ccc(C=Cc2ccc(OC(=O)O)cc2)cc1. The largest absolute Gasteiger partial charge is 0.511 e. The number of carbonyl (C=O) groups is 2. The minimum atomic E-state index is -1.35. The van der Waals surface area contributed by atoms with Crippen molar-refractivity contribution < 1.29 is 29.3 Å². The van der Waals surface area contributed by atoms with E-state index in [4.69, 9.17) is 10.2 Å². The van der Waals surface area contributed by atoms with E-state index >= 15 is 0 Å². The molecule has 0 aliphatic heterocycles. The van der Waals surface area contributed by atoms with Gasteiger partial charge in [0.1, 0.15) is 11.5 Å². The van der Waals surface area contributed by atoms with Gasteiger partial charge in [0.2, 0.25) is 0 Å². The number of hydrogen-bond acceptors (Lipinski definition) is 4. The van der Waals surface area contributed by atoms with Crippen molar-refractivity contribution in [1.82, 2.24) is 0 Å². The van der Waals surface area contributed by atoms with Gasteiger partial charge in [-0.25, -0.2) is 9.59 Å². The normalized spacial score (nSPS) is 10.4. The molecule has 0 spiro atoms. The van der Waals surface area contributed by atoms with Gasteiger partial charge in [-0.1, -0.05) is 36.4 Å². The predicted octanol–water partition coefficient (Wildman–Crippen LogP) is 3.97. The van der Waals surface area contributed by atoms with E-state index in [1.165, 1.54) is 0 Å². The fourth-order valence-corrected chi connectivity index (χ4v) is 1.69. The average molecular weight is 300 g/mol. The van der Waals surface area contributed by atoms with E-state index in [1.807, 2.05) is 12.2 Å². The molecule has 0 aliphatic carbocycles. The van der Waals surface area contributed by atoms with E-state index < -0.39 is 12.3 Å². The lowest BCUT2D eigenvalue weighted by atomic mass is 10.1. The Morgan fingerprint density at radius 3 is 1.27 bits per heavy atom. The number of benzene rings is 2. The van der Waals surface area contributed by atoms with E-state index in [9.17, 15) is 9.59 Å². The molecule has 0 amide bonds. The van der Waals surface area contributed by atoms with Gasteiger partial charge in [0.15, 0.2) is 0 Å². The van der Waals surface area contributed by atoms with Crippen LogP contribution >= 0.6 is 0 Å². The molecule has 0 aliphatic rings. The minimum absolute atomic E-state index is 0.250. The van der Waals surface area contributed by atoms with Crippen molar-refractivity contribution in [3.8, 4) is 11.5 Å². The number of ether oxygens (including phenoxy) is 2. The standard InChI is InChI=1S/C16H12O6/c17-15(18)21-13-7-3-11(4-8-13)1-2-12-5-9-14(10-6-12)22-16(19)20/h1-10H,(H,17,18)(H,19,20). The zero-order valence-electron chi connectivity index (χ0n) is 11.3. The second-order valence-corrected chi connectivity index (χ2v) is 4.21. The Morgan fingerprint density at radius 1 is 0.682 bits per heavy atom. The maximum absolute atomic E-state index is 10.4. The molecule has 2 rings (SSSR count). The molecule has 6 heteroatoms. The Kier molecular flexibility index (Phi) is 4.77. The van der Waals surface area contributed by atoms with Crippen molar-refractivity contribution in [2.45, 2.75) is 0 Å². The molecule has 0 radical (unpaired) electrons. The highest BCUT2D eigenvalue weighted by Crippen LogP contribution is 2.17. The van der Waals surface area contributed by atoms with Gasteiger partial charge in [0.05, 0.1) is 0 Å². The maximum Gasteiger partial charge on any atom is 0.511 e. The molecule has 2 N–H and O–H groups in total. The predicted molar refractivity (Wildman–Crippen MR) is 79.1 cm³/mol. The summed E-state index contributed by atoms with van der Waals surface area (Å²) in [6.07, 6.45) is 0.953. The summed E-state index contributed by atoms with van der Waals surface area (Å²) in [7, 11) is 0. The van der Waals surface area contributed by atoms with Crippen molar-refractivity contribution in [2.75, 3.05) is 0 Å². The monoisotopic (exact) mass is 300 g/mol. The van der Waals surface area contributed by atoms with Crippen LogP contribution in [0.15, 0.2) is 48.5 Å². The zero-order chi connectivity index (χ0) is 15.9. The molecular formula is C16H12O6. The molecule has 0 heterocycles. The van der Waals surface area contributed by atoms with Crippen molar-refractivity contribution in [2.24, 2.45) is 0 Å². The zero-order valence-corrected chi connectivity index (χ0v) is 11.3. The molecular weight excluding hydrogens is 288 g/mol. The highest BCUT2D eigenvalue weighted by Gasteiger charge is 2.00. The molecule has 2 aromatic rings. The summed E-state index contributed by atoms with van der Waals surface area (Å²) in [5, 5.41) is 17.0. The Morgan fingerprint density at radius 2 is 1.00 bits per heavy atom. The topological polar surface area (TPSA) is 93.1 Å².